The zero-order valence-electron chi connectivity index (χ0n) is 17.1. The van der Waals surface area contributed by atoms with Crippen molar-refractivity contribution in [2.24, 2.45) is 0 Å². The third-order valence-electron chi connectivity index (χ3n) is 4.07. The fraction of sp³-hybridized carbons (Fsp3) is 0. The van der Waals surface area contributed by atoms with Crippen LogP contribution in [0, 0.1) is 21.3 Å². The van der Waals surface area contributed by atoms with Crippen LogP contribution in [0.15, 0.2) is 122 Å². The van der Waals surface area contributed by atoms with Crippen molar-refractivity contribution in [2.45, 2.75) is 0 Å². The molecule has 161 valence electrons. The number of aromatic nitrogens is 1. The molecule has 0 aliphatic rings. The maximum absolute atomic E-state index is 7.86. The second-order valence-electron chi connectivity index (χ2n) is 6.05. The molecule has 1 aromatic heterocycles. The van der Waals surface area contributed by atoms with E-state index in [1.54, 1.807) is 23.2 Å². The molecule has 0 amide bonds. The summed E-state index contributed by atoms with van der Waals surface area (Å²) in [5.41, 5.74) is 4.00. The van der Waals surface area contributed by atoms with Crippen molar-refractivity contribution in [1.82, 2.24) is 4.98 Å². The molecule has 4 aromatic rings. The minimum Gasteiger partial charge on any atom is -0.265 e. The van der Waals surface area contributed by atoms with E-state index in [0.29, 0.717) is 6.71 Å². The van der Waals surface area contributed by atoms with Gasteiger partial charge in [-0.15, -0.1) is 0 Å². The normalized spacial score (nSPS) is 9.06. The first-order valence-corrected chi connectivity index (χ1v) is 13.2. The van der Waals surface area contributed by atoms with Crippen LogP contribution in [-0.2, 0) is 12.7 Å². The second kappa shape index (κ2) is 16.7. The molecular weight excluding hydrogens is 481 g/mol. The largest absolute Gasteiger partial charge is 0.265 e. The quantitative estimate of drug-likeness (QED) is 0.227. The monoisotopic (exact) mass is 500 g/mol. The zero-order valence-corrected chi connectivity index (χ0v) is 19.7. The number of hydrogen-bond acceptors (Lipinski definition) is 5. The minimum absolute atomic E-state index is 0.309. The first kappa shape index (κ1) is 25.3. The van der Waals surface area contributed by atoms with Gasteiger partial charge < -0.3 is 0 Å². The van der Waals surface area contributed by atoms with Gasteiger partial charge in [0.25, 0.3) is 0 Å². The molecule has 0 saturated heterocycles. The van der Waals surface area contributed by atoms with E-state index >= 15 is 0 Å². The van der Waals surface area contributed by atoms with E-state index < -0.39 is 0 Å². The van der Waals surface area contributed by atoms with Gasteiger partial charge in [0.05, 0.1) is 0 Å². The molecule has 3 nitrogen and oxygen atoms in total. The molecule has 3 aromatic carbocycles. The number of thiocyanates is 2. The summed E-state index contributed by atoms with van der Waals surface area (Å²) in [4.78, 5) is 3.78. The Morgan fingerprint density at radius 1 is 0.562 bits per heavy atom. The van der Waals surface area contributed by atoms with Gasteiger partial charge in [0.15, 0.2) is 0 Å². The van der Waals surface area contributed by atoms with Gasteiger partial charge in [-0.25, -0.2) is 0 Å². The van der Waals surface area contributed by atoms with E-state index in [4.69, 9.17) is 10.5 Å². The Morgan fingerprint density at radius 2 is 0.906 bits per heavy atom. The molecule has 0 unspecified atom stereocenters. The Hall–Kier alpha value is -2.93. The van der Waals surface area contributed by atoms with Crippen LogP contribution in [-0.4, -0.2) is 11.7 Å². The Bertz CT molecular complexity index is 940. The Balaban J connectivity index is 0.000000229. The molecule has 0 aliphatic carbocycles. The molecule has 7 heteroatoms. The molecule has 4 rings (SSSR count). The third-order valence-corrected chi connectivity index (χ3v) is 6.51. The molecule has 0 bridgehead atoms. The van der Waals surface area contributed by atoms with Gasteiger partial charge in [-0.2, -0.15) is 0 Å². The van der Waals surface area contributed by atoms with Crippen LogP contribution < -0.4 is 16.4 Å². The van der Waals surface area contributed by atoms with Crippen LogP contribution in [0.1, 0.15) is 0 Å². The third kappa shape index (κ3) is 9.92. The maximum atomic E-state index is 7.86. The summed E-state index contributed by atoms with van der Waals surface area (Å²) in [5, 5.41) is 19.3. The van der Waals surface area contributed by atoms with E-state index in [0.717, 1.165) is 20.4 Å². The van der Waals surface area contributed by atoms with Gasteiger partial charge in [-0.3, -0.25) is 4.98 Å². The average molecular weight is 501 g/mol. The number of nitriles is 2. The van der Waals surface area contributed by atoms with E-state index in [1.165, 1.54) is 29.1 Å². The molecule has 32 heavy (non-hydrogen) atoms. The summed E-state index contributed by atoms with van der Waals surface area (Å²) in [6.45, 7) is 0.309. The Kier molecular flexibility index (Phi) is 13.2. The molecule has 0 fully saturated rings. The van der Waals surface area contributed by atoms with Crippen molar-refractivity contribution < 1.29 is 12.7 Å². The van der Waals surface area contributed by atoms with Gasteiger partial charge >= 0.3 is 54.4 Å². The van der Waals surface area contributed by atoms with Gasteiger partial charge in [0.1, 0.15) is 0 Å². The smallest absolute Gasteiger partial charge is 0.241 e. The summed E-state index contributed by atoms with van der Waals surface area (Å²) in [6, 6.07) is 37.7. The van der Waals surface area contributed by atoms with Crippen LogP contribution in [0.2, 0.25) is 0 Å². The predicted octanol–water partition coefficient (Wildman–Crippen LogP) is 4.61. The zero-order chi connectivity index (χ0) is 22.7. The van der Waals surface area contributed by atoms with Crippen LogP contribution in [0.4, 0.5) is 0 Å². The van der Waals surface area contributed by atoms with Crippen LogP contribution in [0.3, 0.4) is 0 Å². The number of pyridine rings is 1. The Labute approximate surface area is 203 Å². The minimum atomic E-state index is 0.309. The van der Waals surface area contributed by atoms with Gasteiger partial charge in [0.2, 0.25) is 6.71 Å². The van der Waals surface area contributed by atoms with Crippen LogP contribution in [0.5, 0.6) is 0 Å². The van der Waals surface area contributed by atoms with Crippen molar-refractivity contribution in [1.29, 1.82) is 10.5 Å². The van der Waals surface area contributed by atoms with Gasteiger partial charge in [0, 0.05) is 12.4 Å². The molecule has 0 spiro atoms. The number of nitrogens with zero attached hydrogens (tertiary/aromatic N) is 3. The summed E-state index contributed by atoms with van der Waals surface area (Å²) in [6.07, 6.45) is 3.50. The van der Waals surface area contributed by atoms with Gasteiger partial charge in [-0.1, -0.05) is 113 Å². The van der Waals surface area contributed by atoms with Crippen molar-refractivity contribution in [3.63, 3.8) is 0 Å². The molecule has 0 atom stereocenters. The van der Waals surface area contributed by atoms with Crippen molar-refractivity contribution in [2.75, 3.05) is 0 Å². The van der Waals surface area contributed by atoms with Crippen LogP contribution in [0.25, 0.3) is 0 Å². The topological polar surface area (TPSA) is 60.5 Å². The second-order valence-corrected chi connectivity index (χ2v) is 9.62. The van der Waals surface area contributed by atoms with E-state index in [1.807, 2.05) is 18.2 Å². The summed E-state index contributed by atoms with van der Waals surface area (Å²) >= 11 is 1.24. The summed E-state index contributed by atoms with van der Waals surface area (Å²) in [5.74, 6) is 0. The molecule has 0 radical (unpaired) electrons. The molecule has 0 saturated carbocycles. The molecule has 0 aliphatic heterocycles. The fourth-order valence-corrected chi connectivity index (χ4v) is 4.13. The Morgan fingerprint density at radius 3 is 1.16 bits per heavy atom. The molecule has 1 heterocycles. The standard InChI is InChI=1S/C18H15B.C5H5N.2CHNS.Cu/c1-4-10-16(11-5-1)19(17-12-6-2-7-13-17)18-14-8-3-9-15-18;1-2-4-6-5-3-1;2*2-1-3;/h1-15H;1-5H;2*3H;/q;;;;+2/p-2. The van der Waals surface area contributed by atoms with Gasteiger partial charge in [-0.05, 0) is 12.1 Å². The maximum Gasteiger partial charge on any atom is 0.241 e. The van der Waals surface area contributed by atoms with E-state index in [-0.39, 0.29) is 0 Å². The first-order chi connectivity index (χ1) is 15.9. The SMILES string of the molecule is N#C[S][Cu][S]C#N.c1ccc(B(c2ccccc2)c2ccccc2)cc1.c1ccncc1. The molecule has 0 N–H and O–H groups in total. The van der Waals surface area contributed by atoms with Crippen molar-refractivity contribution >= 4 is 43.5 Å². The average Bonchev–Trinajstić information content (AvgIpc) is 2.88. The number of rotatable bonds is 5. The summed E-state index contributed by atoms with van der Waals surface area (Å²) in [7, 11) is 1.97. The summed E-state index contributed by atoms with van der Waals surface area (Å²) < 4.78 is 0. The van der Waals surface area contributed by atoms with E-state index in [9.17, 15) is 0 Å². The fourth-order valence-electron chi connectivity index (χ4n) is 2.86. The molecular formula is C25H20BCuN3S2. The number of hydrogen-bond donors (Lipinski definition) is 0. The van der Waals surface area contributed by atoms with Crippen LogP contribution >= 0.6 is 20.4 Å². The van der Waals surface area contributed by atoms with Crippen molar-refractivity contribution in [3.05, 3.63) is 122 Å². The predicted molar refractivity (Wildman–Crippen MR) is 135 cm³/mol. The van der Waals surface area contributed by atoms with E-state index in [2.05, 4.69) is 96.0 Å². The number of benzene rings is 3. The first-order valence-electron chi connectivity index (χ1n) is 9.55. The van der Waals surface area contributed by atoms with Crippen molar-refractivity contribution in [3.8, 4) is 10.8 Å².